The molecule has 0 saturated carbocycles. The van der Waals surface area contributed by atoms with Crippen molar-refractivity contribution in [1.29, 1.82) is 5.26 Å². The van der Waals surface area contributed by atoms with Crippen molar-refractivity contribution >= 4 is 34.8 Å². The molecule has 2 aliphatic heterocycles. The average Bonchev–Trinajstić information content (AvgIpc) is 3.37. The lowest BCUT2D eigenvalue weighted by atomic mass is 10.1. The molecule has 2 aromatic heterocycles. The van der Waals surface area contributed by atoms with Gasteiger partial charge in [0.05, 0.1) is 23.8 Å². The van der Waals surface area contributed by atoms with Crippen molar-refractivity contribution in [3.8, 4) is 6.07 Å². The fourth-order valence-corrected chi connectivity index (χ4v) is 4.47. The summed E-state index contributed by atoms with van der Waals surface area (Å²) in [5.41, 5.74) is 4.44. The van der Waals surface area contributed by atoms with Crippen LogP contribution < -0.4 is 4.90 Å². The molecule has 2 fully saturated rings. The van der Waals surface area contributed by atoms with Crippen molar-refractivity contribution in [2.75, 3.05) is 44.3 Å². The monoisotopic (exact) mass is 409 g/mol. The quantitative estimate of drug-likeness (QED) is 0.767. The van der Waals surface area contributed by atoms with E-state index >= 15 is 0 Å². The molecule has 0 atom stereocenters. The zero-order valence-electron chi connectivity index (χ0n) is 15.7. The number of fused-ring (bicyclic) bond motifs is 1. The molecule has 5 rings (SSSR count). The first-order valence-electron chi connectivity index (χ1n) is 9.54. The molecule has 1 amide bonds. The van der Waals surface area contributed by atoms with Crippen molar-refractivity contribution in [1.82, 2.24) is 14.9 Å². The fourth-order valence-electron chi connectivity index (χ4n) is 3.75. The molecular formula is C20H19N5O3S. The molecule has 8 nitrogen and oxygen atoms in total. The first kappa shape index (κ1) is 18.1. The first-order valence-corrected chi connectivity index (χ1v) is 10.4. The lowest BCUT2D eigenvalue weighted by Gasteiger charge is -2.37. The number of ether oxygens (including phenoxy) is 2. The van der Waals surface area contributed by atoms with Crippen molar-refractivity contribution < 1.29 is 14.3 Å². The van der Waals surface area contributed by atoms with Gasteiger partial charge in [0.15, 0.2) is 11.1 Å². The summed E-state index contributed by atoms with van der Waals surface area (Å²) >= 11 is 1.41. The second kappa shape index (κ2) is 7.46. The summed E-state index contributed by atoms with van der Waals surface area (Å²) in [7, 11) is 0. The molecule has 0 bridgehead atoms. The van der Waals surface area contributed by atoms with E-state index in [1.807, 2.05) is 12.3 Å². The van der Waals surface area contributed by atoms with Gasteiger partial charge in [-0.2, -0.15) is 5.26 Å². The Labute approximate surface area is 172 Å². The van der Waals surface area contributed by atoms with Crippen LogP contribution in [0.25, 0.3) is 11.6 Å². The molecule has 2 saturated heterocycles. The number of nitriles is 1. The number of anilines is 1. The maximum Gasteiger partial charge on any atom is 0.410 e. The van der Waals surface area contributed by atoms with Crippen LogP contribution in [0.3, 0.4) is 0 Å². The summed E-state index contributed by atoms with van der Waals surface area (Å²) in [5.74, 6) is 0. The lowest BCUT2D eigenvalue weighted by Crippen LogP contribution is -2.51. The van der Waals surface area contributed by atoms with Gasteiger partial charge in [-0.3, -0.25) is 4.98 Å². The number of thiazole rings is 1. The van der Waals surface area contributed by atoms with E-state index in [2.05, 4.69) is 27.0 Å². The van der Waals surface area contributed by atoms with Crippen LogP contribution >= 0.6 is 11.3 Å². The number of hydrogen-bond acceptors (Lipinski definition) is 8. The van der Waals surface area contributed by atoms with Gasteiger partial charge in [0.1, 0.15) is 6.07 Å². The minimum atomic E-state index is -0.251. The Kier molecular flexibility index (Phi) is 4.66. The molecule has 0 aromatic carbocycles. The van der Waals surface area contributed by atoms with Crippen LogP contribution in [0.5, 0.6) is 0 Å². The summed E-state index contributed by atoms with van der Waals surface area (Å²) in [6.07, 6.45) is 6.16. The summed E-state index contributed by atoms with van der Waals surface area (Å²) < 4.78 is 10.5. The van der Waals surface area contributed by atoms with Crippen molar-refractivity contribution in [2.24, 2.45) is 0 Å². The lowest BCUT2D eigenvalue weighted by molar-refractivity contribution is -0.104. The molecule has 29 heavy (non-hydrogen) atoms. The maximum absolute atomic E-state index is 12.2. The Morgan fingerprint density at radius 1 is 1.28 bits per heavy atom. The topological polar surface area (TPSA) is 91.6 Å². The number of carbonyl (C=O) groups excluding carboxylic acids is 1. The molecule has 0 spiro atoms. The van der Waals surface area contributed by atoms with Gasteiger partial charge in [-0.15, -0.1) is 11.3 Å². The van der Waals surface area contributed by atoms with Gasteiger partial charge in [0.25, 0.3) is 0 Å². The van der Waals surface area contributed by atoms with Crippen molar-refractivity contribution in [3.63, 3.8) is 0 Å². The van der Waals surface area contributed by atoms with Crippen LogP contribution in [0.1, 0.15) is 21.1 Å². The van der Waals surface area contributed by atoms with Gasteiger partial charge in [-0.05, 0) is 17.7 Å². The van der Waals surface area contributed by atoms with Crippen LogP contribution in [0.15, 0.2) is 18.5 Å². The van der Waals surface area contributed by atoms with E-state index in [-0.39, 0.29) is 12.2 Å². The molecule has 4 heterocycles. The SMILES string of the molecule is N#Cc1ncc(C2=Cc3c(N4CCN(C(=O)OC5COC5)CC4)ccnc3C2)s1. The predicted octanol–water partition coefficient (Wildman–Crippen LogP) is 2.16. The second-order valence-corrected chi connectivity index (χ2v) is 8.23. The number of nitrogens with zero attached hydrogens (tertiary/aromatic N) is 5. The Hall–Kier alpha value is -2.96. The Balaban J connectivity index is 1.29. The summed E-state index contributed by atoms with van der Waals surface area (Å²) in [6, 6.07) is 4.13. The molecule has 0 unspecified atom stereocenters. The number of allylic oxidation sites excluding steroid dienone is 1. The zero-order chi connectivity index (χ0) is 19.8. The third kappa shape index (κ3) is 3.45. The highest BCUT2D eigenvalue weighted by Crippen LogP contribution is 2.37. The van der Waals surface area contributed by atoms with E-state index < -0.39 is 0 Å². The number of rotatable bonds is 3. The van der Waals surface area contributed by atoms with E-state index in [0.29, 0.717) is 31.3 Å². The van der Waals surface area contributed by atoms with Gasteiger partial charge in [0.2, 0.25) is 0 Å². The first-order chi connectivity index (χ1) is 14.2. The molecule has 148 valence electrons. The highest BCUT2D eigenvalue weighted by atomic mass is 32.1. The highest BCUT2D eigenvalue weighted by molar-refractivity contribution is 7.13. The number of carbonyl (C=O) groups is 1. The highest BCUT2D eigenvalue weighted by Gasteiger charge is 2.29. The van der Waals surface area contributed by atoms with Crippen molar-refractivity contribution in [2.45, 2.75) is 12.5 Å². The fraction of sp³-hybridized carbons (Fsp3) is 0.400. The van der Waals surface area contributed by atoms with Gasteiger partial charge < -0.3 is 19.3 Å². The van der Waals surface area contributed by atoms with Crippen LogP contribution in [-0.2, 0) is 15.9 Å². The number of hydrogen-bond donors (Lipinski definition) is 0. The second-order valence-electron chi connectivity index (χ2n) is 7.20. The van der Waals surface area contributed by atoms with Gasteiger partial charge in [-0.1, -0.05) is 0 Å². The molecule has 9 heteroatoms. The van der Waals surface area contributed by atoms with E-state index in [1.165, 1.54) is 11.3 Å². The van der Waals surface area contributed by atoms with Crippen molar-refractivity contribution in [3.05, 3.63) is 39.6 Å². The summed E-state index contributed by atoms with van der Waals surface area (Å²) in [5, 5.41) is 9.50. The third-order valence-corrected chi connectivity index (χ3v) is 6.38. The van der Waals surface area contributed by atoms with Gasteiger partial charge in [-0.25, -0.2) is 9.78 Å². The maximum atomic E-state index is 12.2. The Morgan fingerprint density at radius 2 is 2.10 bits per heavy atom. The Morgan fingerprint density at radius 3 is 2.79 bits per heavy atom. The minimum Gasteiger partial charge on any atom is -0.441 e. The number of pyridine rings is 1. The van der Waals surface area contributed by atoms with E-state index in [0.717, 1.165) is 46.9 Å². The minimum absolute atomic E-state index is 0.0964. The molecular weight excluding hydrogens is 390 g/mol. The third-order valence-electron chi connectivity index (χ3n) is 5.40. The normalized spacial score (nSPS) is 18.7. The van der Waals surface area contributed by atoms with E-state index in [9.17, 15) is 4.79 Å². The van der Waals surface area contributed by atoms with Crippen LogP contribution in [0.4, 0.5) is 10.5 Å². The largest absolute Gasteiger partial charge is 0.441 e. The number of amides is 1. The number of aromatic nitrogens is 2. The molecule has 2 aromatic rings. The summed E-state index contributed by atoms with van der Waals surface area (Å²) in [4.78, 5) is 26.0. The van der Waals surface area contributed by atoms with Crippen LogP contribution in [0.2, 0.25) is 0 Å². The smallest absolute Gasteiger partial charge is 0.410 e. The molecule has 0 radical (unpaired) electrons. The van der Waals surface area contributed by atoms with E-state index in [1.54, 1.807) is 11.1 Å². The molecule has 0 N–H and O–H groups in total. The predicted molar refractivity (Wildman–Crippen MR) is 108 cm³/mol. The van der Waals surface area contributed by atoms with Crippen LogP contribution in [0, 0.1) is 11.3 Å². The summed E-state index contributed by atoms with van der Waals surface area (Å²) in [6.45, 7) is 3.74. The molecule has 1 aliphatic carbocycles. The van der Waals surface area contributed by atoms with E-state index in [4.69, 9.17) is 14.7 Å². The zero-order valence-corrected chi connectivity index (χ0v) is 16.5. The standard InChI is InChI=1S/C20H19N5O3S/c21-9-19-23-10-18(29-19)13-7-15-16(8-13)22-2-1-17(15)24-3-5-25(6-4-24)20(26)28-14-11-27-12-14/h1-2,7,10,14H,3-6,8,11-12H2. The Bertz CT molecular complexity index is 1020. The number of piperazine rings is 1. The average molecular weight is 409 g/mol. The van der Waals surface area contributed by atoms with Crippen LogP contribution in [-0.4, -0.2) is 66.5 Å². The van der Waals surface area contributed by atoms with Gasteiger partial charge >= 0.3 is 6.09 Å². The molecule has 3 aliphatic rings. The van der Waals surface area contributed by atoms with Gasteiger partial charge in [0, 0.05) is 56.2 Å².